The van der Waals surface area contributed by atoms with Crippen LogP contribution in [-0.4, -0.2) is 51.5 Å². The molecular weight excluding hydrogens is 504 g/mol. The second kappa shape index (κ2) is 18.7. The summed E-state index contributed by atoms with van der Waals surface area (Å²) in [6, 6.07) is 12.8. The summed E-state index contributed by atoms with van der Waals surface area (Å²) in [5.41, 5.74) is 6.23. The molecule has 0 fully saturated rings. The molecule has 2 aromatic carbocycles. The van der Waals surface area contributed by atoms with Gasteiger partial charge in [-0.3, -0.25) is 0 Å². The Bertz CT molecular complexity index is 1060. The first-order valence-electron chi connectivity index (χ1n) is 14.9. The quantitative estimate of drug-likeness (QED) is 0.140. The minimum Gasteiger partial charge on any atom is -0.491 e. The fraction of sp³-hybridized carbons (Fsp3) is 0.529. The molecule has 2 aromatic rings. The molecule has 0 heterocycles. The zero-order valence-corrected chi connectivity index (χ0v) is 24.7. The molecule has 0 aromatic heterocycles. The predicted molar refractivity (Wildman–Crippen MR) is 161 cm³/mol. The summed E-state index contributed by atoms with van der Waals surface area (Å²) >= 11 is 0. The van der Waals surface area contributed by atoms with Crippen LogP contribution in [0.4, 0.5) is 0 Å². The van der Waals surface area contributed by atoms with Crippen LogP contribution in [0.3, 0.4) is 0 Å². The van der Waals surface area contributed by atoms with Gasteiger partial charge >= 0.3 is 0 Å². The molecule has 0 radical (unpaired) electrons. The summed E-state index contributed by atoms with van der Waals surface area (Å²) in [6.07, 6.45) is 15.7. The minimum absolute atomic E-state index is 0.0426. The third-order valence-corrected chi connectivity index (χ3v) is 7.11. The van der Waals surface area contributed by atoms with E-state index in [1.807, 2.05) is 12.1 Å². The molecule has 1 N–H and O–H groups in total. The molecule has 0 bridgehead atoms. The van der Waals surface area contributed by atoms with Crippen molar-refractivity contribution in [3.8, 4) is 11.5 Å². The van der Waals surface area contributed by atoms with Crippen LogP contribution < -0.4 is 9.47 Å². The molecule has 1 aliphatic carbocycles. The first kappa shape index (κ1) is 31.9. The first-order chi connectivity index (χ1) is 19.7. The molecule has 1 aliphatic rings. The monoisotopic (exact) mass is 552 g/mol. The van der Waals surface area contributed by atoms with Gasteiger partial charge in [0, 0.05) is 7.11 Å². The van der Waals surface area contributed by atoms with Crippen molar-refractivity contribution in [1.29, 1.82) is 0 Å². The van der Waals surface area contributed by atoms with Crippen molar-refractivity contribution >= 4 is 5.57 Å². The van der Waals surface area contributed by atoms with Gasteiger partial charge in [-0.05, 0) is 71.7 Å². The number of methoxy groups -OCH3 is 1. The highest BCUT2D eigenvalue weighted by Gasteiger charge is 2.14. The number of aryl methyl sites for hydroxylation is 2. The van der Waals surface area contributed by atoms with Gasteiger partial charge in [0.05, 0.1) is 25.9 Å². The largest absolute Gasteiger partial charge is 0.491 e. The van der Waals surface area contributed by atoms with E-state index in [1.165, 1.54) is 54.4 Å². The number of hydrogen-bond donors (Lipinski definition) is 1. The van der Waals surface area contributed by atoms with E-state index < -0.39 is 0 Å². The van der Waals surface area contributed by atoms with Crippen LogP contribution in [-0.2, 0) is 33.7 Å². The number of ether oxygens (including phenoxy) is 5. The average molecular weight is 553 g/mol. The van der Waals surface area contributed by atoms with Crippen molar-refractivity contribution in [1.82, 2.24) is 0 Å². The van der Waals surface area contributed by atoms with Gasteiger partial charge in [0.2, 0.25) is 0 Å². The second-order valence-electron chi connectivity index (χ2n) is 10.1. The second-order valence-corrected chi connectivity index (χ2v) is 10.1. The molecule has 6 heteroatoms. The van der Waals surface area contributed by atoms with Gasteiger partial charge < -0.3 is 28.8 Å². The Hall–Kier alpha value is -2.64. The normalized spacial score (nSPS) is 14.8. The Labute approximate surface area is 240 Å². The predicted octanol–water partition coefficient (Wildman–Crippen LogP) is 7.06. The zero-order valence-electron chi connectivity index (χ0n) is 24.7. The van der Waals surface area contributed by atoms with Gasteiger partial charge in [-0.1, -0.05) is 76.0 Å². The molecule has 1 atom stereocenters. The molecule has 0 saturated heterocycles. The summed E-state index contributed by atoms with van der Waals surface area (Å²) in [6.45, 7) is 6.61. The number of rotatable bonds is 20. The van der Waals surface area contributed by atoms with E-state index in [1.54, 1.807) is 7.11 Å². The molecule has 0 amide bonds. The average Bonchev–Trinajstić information content (AvgIpc) is 2.99. The maximum Gasteiger partial charge on any atom is 0.143 e. The number of benzene rings is 2. The molecule has 40 heavy (non-hydrogen) atoms. The topological polar surface area (TPSA) is 66.4 Å². The van der Waals surface area contributed by atoms with Gasteiger partial charge in [-0.25, -0.2) is 0 Å². The molecule has 0 saturated carbocycles. The maximum atomic E-state index is 8.75. The SMILES string of the molecule is CCCCCCCc1cc(COc2ccc(OCCOC)c(CC)c2)ccc1C1=CCC(OCCOCO)C=C1. The Balaban J connectivity index is 1.66. The fourth-order valence-corrected chi connectivity index (χ4v) is 4.86. The van der Waals surface area contributed by atoms with E-state index in [0.29, 0.717) is 33.0 Å². The first-order valence-corrected chi connectivity index (χ1v) is 14.9. The van der Waals surface area contributed by atoms with Gasteiger partial charge in [-0.2, -0.15) is 0 Å². The van der Waals surface area contributed by atoms with Gasteiger partial charge in [-0.15, -0.1) is 0 Å². The Kier molecular flexibility index (Phi) is 14.9. The number of unbranched alkanes of at least 4 members (excludes halogenated alkanes) is 4. The molecular formula is C34H48O6. The Morgan fingerprint density at radius 1 is 0.875 bits per heavy atom. The highest BCUT2D eigenvalue weighted by atomic mass is 16.6. The summed E-state index contributed by atoms with van der Waals surface area (Å²) in [5, 5.41) is 8.75. The zero-order chi connectivity index (χ0) is 28.4. The van der Waals surface area contributed by atoms with E-state index in [9.17, 15) is 0 Å². The van der Waals surface area contributed by atoms with Crippen molar-refractivity contribution < 1.29 is 28.8 Å². The molecule has 1 unspecified atom stereocenters. The van der Waals surface area contributed by atoms with E-state index in [2.05, 4.69) is 56.3 Å². The maximum absolute atomic E-state index is 8.75. The van der Waals surface area contributed by atoms with Crippen molar-refractivity contribution in [2.75, 3.05) is 40.3 Å². The Morgan fingerprint density at radius 2 is 1.75 bits per heavy atom. The minimum atomic E-state index is -0.271. The standard InChI is InChI=1S/C34H48O6/c1-4-6-7-8-9-10-30-23-27(25-40-32-16-18-34(28(5-2)24-32)39-21-19-36-3)11-17-33(30)29-12-14-31(15-13-29)38-22-20-37-26-35/h11-14,16-18,23-24,31,35H,4-10,15,19-22,25-26H2,1-3H3. The van der Waals surface area contributed by atoms with E-state index in [-0.39, 0.29) is 12.9 Å². The third kappa shape index (κ3) is 10.7. The molecule has 0 aliphatic heterocycles. The highest BCUT2D eigenvalue weighted by Crippen LogP contribution is 2.29. The summed E-state index contributed by atoms with van der Waals surface area (Å²) in [5.74, 6) is 1.75. The lowest BCUT2D eigenvalue weighted by Crippen LogP contribution is -2.15. The summed E-state index contributed by atoms with van der Waals surface area (Å²) in [4.78, 5) is 0. The Morgan fingerprint density at radius 3 is 2.50 bits per heavy atom. The number of hydrogen-bond acceptors (Lipinski definition) is 6. The number of allylic oxidation sites excluding steroid dienone is 2. The smallest absolute Gasteiger partial charge is 0.143 e. The van der Waals surface area contributed by atoms with Crippen LogP contribution in [0, 0.1) is 0 Å². The van der Waals surface area contributed by atoms with Crippen LogP contribution >= 0.6 is 0 Å². The van der Waals surface area contributed by atoms with Crippen molar-refractivity contribution in [2.45, 2.75) is 77.9 Å². The fourth-order valence-electron chi connectivity index (χ4n) is 4.86. The lowest BCUT2D eigenvalue weighted by atomic mass is 9.90. The summed E-state index contributed by atoms with van der Waals surface area (Å²) < 4.78 is 28.0. The molecule has 220 valence electrons. The van der Waals surface area contributed by atoms with Crippen LogP contribution in [0.2, 0.25) is 0 Å². The highest BCUT2D eigenvalue weighted by molar-refractivity contribution is 5.77. The molecule has 3 rings (SSSR count). The van der Waals surface area contributed by atoms with Crippen LogP contribution in [0.15, 0.2) is 54.6 Å². The van der Waals surface area contributed by atoms with Crippen molar-refractivity contribution in [3.05, 3.63) is 76.9 Å². The third-order valence-electron chi connectivity index (χ3n) is 7.11. The van der Waals surface area contributed by atoms with Crippen LogP contribution in [0.5, 0.6) is 11.5 Å². The van der Waals surface area contributed by atoms with E-state index in [4.69, 9.17) is 28.8 Å². The van der Waals surface area contributed by atoms with E-state index >= 15 is 0 Å². The van der Waals surface area contributed by atoms with Crippen LogP contribution in [0.1, 0.15) is 74.6 Å². The van der Waals surface area contributed by atoms with Gasteiger partial charge in [0.15, 0.2) is 0 Å². The van der Waals surface area contributed by atoms with Gasteiger partial charge in [0.25, 0.3) is 0 Å². The summed E-state index contributed by atoms with van der Waals surface area (Å²) in [7, 11) is 1.68. The molecule has 6 nitrogen and oxygen atoms in total. The van der Waals surface area contributed by atoms with Crippen LogP contribution in [0.25, 0.3) is 5.57 Å². The van der Waals surface area contributed by atoms with Gasteiger partial charge in [0.1, 0.15) is 31.5 Å². The molecule has 0 spiro atoms. The van der Waals surface area contributed by atoms with E-state index in [0.717, 1.165) is 36.3 Å². The van der Waals surface area contributed by atoms with Crippen molar-refractivity contribution in [2.24, 2.45) is 0 Å². The lowest BCUT2D eigenvalue weighted by molar-refractivity contribution is -0.0375. The van der Waals surface area contributed by atoms with Crippen molar-refractivity contribution in [3.63, 3.8) is 0 Å². The number of aliphatic hydroxyl groups excluding tert-OH is 1. The number of aliphatic hydroxyl groups is 1. The lowest BCUT2D eigenvalue weighted by Gasteiger charge is -2.19.